The van der Waals surface area contributed by atoms with Crippen molar-refractivity contribution in [2.24, 2.45) is 11.7 Å². The number of aliphatic hydroxyl groups excluding tert-OH is 2. The van der Waals surface area contributed by atoms with Crippen molar-refractivity contribution >= 4 is 0 Å². The van der Waals surface area contributed by atoms with Gasteiger partial charge in [0.2, 0.25) is 0 Å². The normalized spacial score (nSPS) is 10.8. The maximum atomic E-state index is 8.63. The van der Waals surface area contributed by atoms with Gasteiger partial charge in [0.05, 0.1) is 0 Å². The largest absolute Gasteiger partial charge is 0.396 e. The molecule has 62 valence electrons. The molecule has 0 spiro atoms. The lowest BCUT2D eigenvalue weighted by molar-refractivity contribution is 0.142. The van der Waals surface area contributed by atoms with Gasteiger partial charge in [0, 0.05) is 19.1 Å². The maximum absolute atomic E-state index is 8.63. The standard InChI is InChI=1S/C7H17NO2/c8-4-2-1-3-7(5-9)6-10/h7,9-10H,1-6,8H2. The average molecular weight is 147 g/mol. The Kier molecular flexibility index (Phi) is 6.91. The number of hydrogen-bond acceptors (Lipinski definition) is 3. The molecule has 0 radical (unpaired) electrons. The van der Waals surface area contributed by atoms with Crippen LogP contribution >= 0.6 is 0 Å². The van der Waals surface area contributed by atoms with Crippen molar-refractivity contribution in [1.29, 1.82) is 0 Å². The van der Waals surface area contributed by atoms with Crippen molar-refractivity contribution in [1.82, 2.24) is 0 Å². The lowest BCUT2D eigenvalue weighted by Gasteiger charge is -2.08. The number of hydrogen-bond donors (Lipinski definition) is 3. The van der Waals surface area contributed by atoms with E-state index in [0.717, 1.165) is 19.3 Å². The van der Waals surface area contributed by atoms with Gasteiger partial charge in [-0.05, 0) is 19.4 Å². The molecule has 0 unspecified atom stereocenters. The highest BCUT2D eigenvalue weighted by molar-refractivity contribution is 4.55. The van der Waals surface area contributed by atoms with Gasteiger partial charge in [0.25, 0.3) is 0 Å². The molecule has 0 fully saturated rings. The summed E-state index contributed by atoms with van der Waals surface area (Å²) in [6.45, 7) is 0.867. The Morgan fingerprint density at radius 3 is 2.10 bits per heavy atom. The van der Waals surface area contributed by atoms with Crippen LogP contribution in [0.3, 0.4) is 0 Å². The monoisotopic (exact) mass is 147 g/mol. The number of nitrogens with two attached hydrogens (primary N) is 1. The van der Waals surface area contributed by atoms with Crippen molar-refractivity contribution in [2.75, 3.05) is 19.8 Å². The minimum absolute atomic E-state index is 0.0616. The molecule has 0 aromatic heterocycles. The molecule has 0 aromatic carbocycles. The molecule has 10 heavy (non-hydrogen) atoms. The van der Waals surface area contributed by atoms with Gasteiger partial charge in [-0.2, -0.15) is 0 Å². The zero-order valence-electron chi connectivity index (χ0n) is 6.29. The lowest BCUT2D eigenvalue weighted by atomic mass is 10.0. The highest BCUT2D eigenvalue weighted by Gasteiger charge is 2.03. The molecule has 0 saturated heterocycles. The van der Waals surface area contributed by atoms with Gasteiger partial charge in [-0.1, -0.05) is 6.42 Å². The Morgan fingerprint density at radius 1 is 1.10 bits per heavy atom. The van der Waals surface area contributed by atoms with Crippen LogP contribution in [0.4, 0.5) is 0 Å². The van der Waals surface area contributed by atoms with Crippen molar-refractivity contribution in [3.8, 4) is 0 Å². The molecule has 4 N–H and O–H groups in total. The summed E-state index contributed by atoms with van der Waals surface area (Å²) in [6.07, 6.45) is 2.86. The van der Waals surface area contributed by atoms with Gasteiger partial charge in [0.1, 0.15) is 0 Å². The van der Waals surface area contributed by atoms with Gasteiger partial charge in [-0.25, -0.2) is 0 Å². The van der Waals surface area contributed by atoms with Crippen LogP contribution in [0.15, 0.2) is 0 Å². The second-order valence-corrected chi connectivity index (χ2v) is 2.52. The van der Waals surface area contributed by atoms with Crippen LogP contribution in [0.2, 0.25) is 0 Å². The lowest BCUT2D eigenvalue weighted by Crippen LogP contribution is -2.11. The summed E-state index contributed by atoms with van der Waals surface area (Å²) >= 11 is 0. The van der Waals surface area contributed by atoms with E-state index in [4.69, 9.17) is 15.9 Å². The average Bonchev–Trinajstić information content (AvgIpc) is 1.99. The fourth-order valence-corrected chi connectivity index (χ4v) is 0.818. The minimum Gasteiger partial charge on any atom is -0.396 e. The fourth-order valence-electron chi connectivity index (χ4n) is 0.818. The first-order chi connectivity index (χ1) is 4.85. The maximum Gasteiger partial charge on any atom is 0.0481 e. The molecule has 0 bridgehead atoms. The van der Waals surface area contributed by atoms with Crippen LogP contribution < -0.4 is 5.73 Å². The molecule has 0 saturated carbocycles. The smallest absolute Gasteiger partial charge is 0.0481 e. The zero-order chi connectivity index (χ0) is 7.82. The first kappa shape index (κ1) is 9.88. The Hall–Kier alpha value is -0.120. The van der Waals surface area contributed by atoms with E-state index < -0.39 is 0 Å². The molecule has 0 aliphatic carbocycles. The van der Waals surface area contributed by atoms with Crippen LogP contribution in [0.5, 0.6) is 0 Å². The van der Waals surface area contributed by atoms with Crippen molar-refractivity contribution in [3.63, 3.8) is 0 Å². The predicted octanol–water partition coefficient (Wildman–Crippen LogP) is -0.284. The summed E-state index contributed by atoms with van der Waals surface area (Å²) in [5, 5.41) is 17.3. The molecular weight excluding hydrogens is 130 g/mol. The Balaban J connectivity index is 3.09. The number of aliphatic hydroxyl groups is 2. The Morgan fingerprint density at radius 2 is 1.70 bits per heavy atom. The topological polar surface area (TPSA) is 66.5 Å². The summed E-state index contributed by atoms with van der Waals surface area (Å²) in [5.41, 5.74) is 5.27. The van der Waals surface area contributed by atoms with Crippen LogP contribution in [-0.4, -0.2) is 30.0 Å². The van der Waals surface area contributed by atoms with Gasteiger partial charge in [-0.15, -0.1) is 0 Å². The van der Waals surface area contributed by atoms with Gasteiger partial charge in [0.15, 0.2) is 0 Å². The van der Waals surface area contributed by atoms with E-state index >= 15 is 0 Å². The summed E-state index contributed by atoms with van der Waals surface area (Å²) in [4.78, 5) is 0. The van der Waals surface area contributed by atoms with Crippen LogP contribution in [0.1, 0.15) is 19.3 Å². The van der Waals surface area contributed by atoms with Crippen LogP contribution in [0, 0.1) is 5.92 Å². The van der Waals surface area contributed by atoms with Gasteiger partial charge in [-0.3, -0.25) is 0 Å². The first-order valence-corrected chi connectivity index (χ1v) is 3.77. The number of rotatable bonds is 6. The molecule has 3 heteroatoms. The van der Waals surface area contributed by atoms with E-state index in [1.54, 1.807) is 0 Å². The molecular formula is C7H17NO2. The van der Waals surface area contributed by atoms with E-state index in [9.17, 15) is 0 Å². The van der Waals surface area contributed by atoms with E-state index in [1.165, 1.54) is 0 Å². The second kappa shape index (κ2) is 6.99. The summed E-state index contributed by atoms with van der Waals surface area (Å²) < 4.78 is 0. The van der Waals surface area contributed by atoms with Crippen molar-refractivity contribution < 1.29 is 10.2 Å². The van der Waals surface area contributed by atoms with Gasteiger partial charge >= 0.3 is 0 Å². The summed E-state index contributed by atoms with van der Waals surface area (Å²) in [7, 11) is 0. The third-order valence-corrected chi connectivity index (χ3v) is 1.58. The van der Waals surface area contributed by atoms with E-state index in [1.807, 2.05) is 0 Å². The highest BCUT2D eigenvalue weighted by Crippen LogP contribution is 2.05. The van der Waals surface area contributed by atoms with Crippen LogP contribution in [0.25, 0.3) is 0 Å². The highest BCUT2D eigenvalue weighted by atomic mass is 16.3. The molecule has 0 amide bonds. The molecule has 0 rings (SSSR count). The van der Waals surface area contributed by atoms with E-state index in [-0.39, 0.29) is 19.1 Å². The fraction of sp³-hybridized carbons (Fsp3) is 1.00. The molecule has 0 heterocycles. The summed E-state index contributed by atoms with van der Waals surface area (Å²) in [6, 6.07) is 0. The van der Waals surface area contributed by atoms with Crippen molar-refractivity contribution in [3.05, 3.63) is 0 Å². The third-order valence-electron chi connectivity index (χ3n) is 1.58. The summed E-state index contributed by atoms with van der Waals surface area (Å²) in [5.74, 6) is 0.0616. The Labute approximate surface area is 61.9 Å². The predicted molar refractivity (Wildman–Crippen MR) is 40.6 cm³/mol. The van der Waals surface area contributed by atoms with Gasteiger partial charge < -0.3 is 15.9 Å². The molecule has 0 aliphatic rings. The number of unbranched alkanes of at least 4 members (excludes halogenated alkanes) is 1. The third kappa shape index (κ3) is 4.73. The zero-order valence-corrected chi connectivity index (χ0v) is 6.29. The molecule has 0 atom stereocenters. The second-order valence-electron chi connectivity index (χ2n) is 2.52. The first-order valence-electron chi connectivity index (χ1n) is 3.77. The van der Waals surface area contributed by atoms with E-state index in [2.05, 4.69) is 0 Å². The molecule has 0 aliphatic heterocycles. The van der Waals surface area contributed by atoms with Crippen LogP contribution in [-0.2, 0) is 0 Å². The SMILES string of the molecule is NCCCCC(CO)CO. The molecule has 3 nitrogen and oxygen atoms in total. The Bertz CT molecular complexity index is 64.6. The minimum atomic E-state index is 0.0616. The quantitative estimate of drug-likeness (QED) is 0.452. The molecule has 0 aromatic rings. The van der Waals surface area contributed by atoms with E-state index in [0.29, 0.717) is 6.54 Å². The van der Waals surface area contributed by atoms with Crippen molar-refractivity contribution in [2.45, 2.75) is 19.3 Å².